The summed E-state index contributed by atoms with van der Waals surface area (Å²) >= 11 is 1.21. The van der Waals surface area contributed by atoms with Crippen molar-refractivity contribution in [2.45, 2.75) is 46.0 Å². The highest BCUT2D eigenvalue weighted by Gasteiger charge is 2.41. The Balaban J connectivity index is 0.00000352. The summed E-state index contributed by atoms with van der Waals surface area (Å²) in [5, 5.41) is 19.7. The molecule has 0 saturated heterocycles. The first-order valence-electron chi connectivity index (χ1n) is 9.06. The molecule has 0 aromatic heterocycles. The van der Waals surface area contributed by atoms with Gasteiger partial charge in [0, 0.05) is 35.6 Å². The minimum Gasteiger partial charge on any atom is -0.395 e. The standard InChI is InChI=1S/C17H26F3N3O2S.C2H6/c1-6-15(12(3)23(7-8-24)10-11(2)25)26-13(4)14-9-16(17(18,19)20)22(5)21-14;1-2/h6,9,11,14,21,24-25H,3-4,7-8,10H2,1-2,5H3;1-2H3/b15-6-;. The molecular formula is C19H32F3N3O2S. The van der Waals surface area contributed by atoms with E-state index in [2.05, 4.69) is 18.6 Å². The van der Waals surface area contributed by atoms with E-state index in [1.807, 2.05) is 13.8 Å². The monoisotopic (exact) mass is 423 g/mol. The van der Waals surface area contributed by atoms with Crippen LogP contribution in [0, 0.1) is 0 Å². The molecule has 1 heterocycles. The van der Waals surface area contributed by atoms with Crippen molar-refractivity contribution in [3.8, 4) is 0 Å². The number of hydrogen-bond acceptors (Lipinski definition) is 6. The normalized spacial score (nSPS) is 18.2. The molecule has 3 N–H and O–H groups in total. The number of hydrazine groups is 1. The molecule has 162 valence electrons. The van der Waals surface area contributed by atoms with Crippen molar-refractivity contribution in [3.63, 3.8) is 0 Å². The number of nitrogens with one attached hydrogen (secondary N) is 1. The predicted octanol–water partition coefficient (Wildman–Crippen LogP) is 3.62. The quantitative estimate of drug-likeness (QED) is 0.493. The number of alkyl halides is 3. The third-order valence-corrected chi connectivity index (χ3v) is 4.89. The fraction of sp³-hybridized carbons (Fsp3) is 0.579. The predicted molar refractivity (Wildman–Crippen MR) is 110 cm³/mol. The van der Waals surface area contributed by atoms with Crippen LogP contribution in [-0.4, -0.2) is 65.2 Å². The summed E-state index contributed by atoms with van der Waals surface area (Å²) in [7, 11) is 1.30. The summed E-state index contributed by atoms with van der Waals surface area (Å²) < 4.78 is 38.9. The second kappa shape index (κ2) is 12.2. The molecule has 2 atom stereocenters. The van der Waals surface area contributed by atoms with Crippen molar-refractivity contribution in [2.75, 3.05) is 26.7 Å². The van der Waals surface area contributed by atoms with E-state index in [1.165, 1.54) is 18.8 Å². The number of rotatable bonds is 9. The number of aliphatic hydroxyl groups is 2. The van der Waals surface area contributed by atoms with Crippen LogP contribution in [0.5, 0.6) is 0 Å². The zero-order chi connectivity index (χ0) is 22.1. The van der Waals surface area contributed by atoms with Crippen molar-refractivity contribution < 1.29 is 23.4 Å². The molecule has 0 amide bonds. The van der Waals surface area contributed by atoms with Crippen LogP contribution < -0.4 is 5.43 Å². The lowest BCUT2D eigenvalue weighted by Gasteiger charge is -2.29. The number of halogens is 3. The smallest absolute Gasteiger partial charge is 0.395 e. The number of aliphatic hydroxyl groups excluding tert-OH is 2. The van der Waals surface area contributed by atoms with Crippen LogP contribution in [0.4, 0.5) is 13.2 Å². The van der Waals surface area contributed by atoms with E-state index in [-0.39, 0.29) is 19.7 Å². The molecule has 0 aromatic rings. The van der Waals surface area contributed by atoms with E-state index < -0.39 is 24.0 Å². The highest BCUT2D eigenvalue weighted by molar-refractivity contribution is 8.07. The van der Waals surface area contributed by atoms with Gasteiger partial charge in [-0.15, -0.1) is 0 Å². The van der Waals surface area contributed by atoms with Gasteiger partial charge in [0.25, 0.3) is 0 Å². The highest BCUT2D eigenvalue weighted by Crippen LogP contribution is 2.37. The van der Waals surface area contributed by atoms with E-state index in [0.29, 0.717) is 15.5 Å². The molecule has 0 aromatic carbocycles. The summed E-state index contributed by atoms with van der Waals surface area (Å²) in [5.74, 6) is 0. The summed E-state index contributed by atoms with van der Waals surface area (Å²) in [6.07, 6.45) is -2.19. The molecule has 1 aliphatic rings. The zero-order valence-corrected chi connectivity index (χ0v) is 18.0. The Bertz CT molecular complexity index is 589. The first-order chi connectivity index (χ1) is 13.0. The highest BCUT2D eigenvalue weighted by atomic mass is 32.2. The molecule has 0 fully saturated rings. The molecule has 0 aliphatic carbocycles. The second-order valence-electron chi connectivity index (χ2n) is 5.90. The summed E-state index contributed by atoms with van der Waals surface area (Å²) in [4.78, 5) is 2.90. The largest absolute Gasteiger partial charge is 0.432 e. The molecule has 2 unspecified atom stereocenters. The average Bonchev–Trinajstić information content (AvgIpc) is 3.02. The van der Waals surface area contributed by atoms with Crippen LogP contribution in [0.2, 0.25) is 0 Å². The van der Waals surface area contributed by atoms with Crippen molar-refractivity contribution in [3.05, 3.63) is 46.5 Å². The van der Waals surface area contributed by atoms with Crippen LogP contribution >= 0.6 is 11.8 Å². The Kier molecular flexibility index (Phi) is 11.6. The van der Waals surface area contributed by atoms with Gasteiger partial charge in [-0.2, -0.15) is 13.2 Å². The number of hydrogen-bond donors (Lipinski definition) is 3. The van der Waals surface area contributed by atoms with Crippen molar-refractivity contribution in [1.29, 1.82) is 0 Å². The third kappa shape index (κ3) is 7.90. The van der Waals surface area contributed by atoms with Gasteiger partial charge in [0.1, 0.15) is 5.70 Å². The Morgan fingerprint density at radius 1 is 1.43 bits per heavy atom. The van der Waals surface area contributed by atoms with Crippen molar-refractivity contribution in [1.82, 2.24) is 15.3 Å². The topological polar surface area (TPSA) is 59.0 Å². The maximum absolute atomic E-state index is 13.0. The lowest BCUT2D eigenvalue weighted by Crippen LogP contribution is -2.37. The molecule has 1 aliphatic heterocycles. The van der Waals surface area contributed by atoms with Gasteiger partial charge in [0.05, 0.1) is 18.8 Å². The SMILES string of the molecule is C=C(S/C(=C\C)C(=C)N(CCO)CC(C)O)C1C=C(C(F)(F)F)N(C)N1.CC. The van der Waals surface area contributed by atoms with Crippen molar-refractivity contribution >= 4 is 11.8 Å². The third-order valence-electron chi connectivity index (χ3n) is 3.68. The van der Waals surface area contributed by atoms with E-state index in [4.69, 9.17) is 0 Å². The van der Waals surface area contributed by atoms with Crippen LogP contribution in [0.15, 0.2) is 46.5 Å². The fourth-order valence-electron chi connectivity index (χ4n) is 2.46. The second-order valence-corrected chi connectivity index (χ2v) is 7.07. The average molecular weight is 424 g/mol. The van der Waals surface area contributed by atoms with E-state index in [0.717, 1.165) is 11.1 Å². The lowest BCUT2D eigenvalue weighted by molar-refractivity contribution is -0.110. The Morgan fingerprint density at radius 2 is 2.00 bits per heavy atom. The molecule has 0 bridgehead atoms. The molecule has 9 heteroatoms. The maximum Gasteiger partial charge on any atom is 0.432 e. The molecule has 5 nitrogen and oxygen atoms in total. The summed E-state index contributed by atoms with van der Waals surface area (Å²) in [6, 6.07) is -0.674. The summed E-state index contributed by atoms with van der Waals surface area (Å²) in [6.45, 7) is 15.8. The van der Waals surface area contributed by atoms with Gasteiger partial charge in [0.2, 0.25) is 0 Å². The number of allylic oxidation sites excluding steroid dienone is 2. The number of thioether (sulfide) groups is 1. The number of nitrogens with zero attached hydrogens (tertiary/aromatic N) is 2. The lowest BCUT2D eigenvalue weighted by atomic mass is 10.2. The molecule has 28 heavy (non-hydrogen) atoms. The Labute approximate surface area is 170 Å². The minimum atomic E-state index is -4.44. The maximum atomic E-state index is 13.0. The van der Waals surface area contributed by atoms with Crippen LogP contribution in [0.25, 0.3) is 0 Å². The molecule has 1 rings (SSSR count). The van der Waals surface area contributed by atoms with Crippen LogP contribution in [-0.2, 0) is 0 Å². The van der Waals surface area contributed by atoms with Crippen LogP contribution in [0.1, 0.15) is 27.7 Å². The van der Waals surface area contributed by atoms with Gasteiger partial charge >= 0.3 is 6.18 Å². The first-order valence-corrected chi connectivity index (χ1v) is 9.87. The summed E-state index contributed by atoms with van der Waals surface area (Å²) in [5.41, 5.74) is 2.52. The molecular weight excluding hydrogens is 391 g/mol. The van der Waals surface area contributed by atoms with Gasteiger partial charge in [-0.1, -0.05) is 44.8 Å². The van der Waals surface area contributed by atoms with Crippen LogP contribution in [0.3, 0.4) is 0 Å². The molecule has 0 spiro atoms. The van der Waals surface area contributed by atoms with Gasteiger partial charge in [-0.3, -0.25) is 0 Å². The van der Waals surface area contributed by atoms with E-state index in [1.54, 1.807) is 24.8 Å². The fourth-order valence-corrected chi connectivity index (χ4v) is 3.35. The van der Waals surface area contributed by atoms with Gasteiger partial charge in [-0.25, -0.2) is 5.43 Å². The molecule has 0 radical (unpaired) electrons. The van der Waals surface area contributed by atoms with Gasteiger partial charge < -0.3 is 20.1 Å². The Hall–Kier alpha value is -1.42. The Morgan fingerprint density at radius 3 is 2.39 bits per heavy atom. The van der Waals surface area contributed by atoms with E-state index >= 15 is 0 Å². The van der Waals surface area contributed by atoms with Gasteiger partial charge in [0.15, 0.2) is 0 Å². The van der Waals surface area contributed by atoms with Gasteiger partial charge in [-0.05, 0) is 19.9 Å². The molecule has 0 saturated carbocycles. The minimum absolute atomic E-state index is 0.110. The van der Waals surface area contributed by atoms with Crippen molar-refractivity contribution in [2.24, 2.45) is 0 Å². The van der Waals surface area contributed by atoms with E-state index in [9.17, 15) is 23.4 Å². The first kappa shape index (κ1) is 26.6. The zero-order valence-electron chi connectivity index (χ0n) is 17.2.